The molecule has 0 aromatic carbocycles. The molecular formula is C6H9F2Sn. The van der Waals surface area contributed by atoms with E-state index in [2.05, 4.69) is 5.92 Å². The van der Waals surface area contributed by atoms with Gasteiger partial charge >= 0.3 is 62.7 Å². The van der Waals surface area contributed by atoms with Crippen molar-refractivity contribution in [1.29, 1.82) is 0 Å². The van der Waals surface area contributed by atoms with Crippen LogP contribution in [0.3, 0.4) is 0 Å². The van der Waals surface area contributed by atoms with Crippen molar-refractivity contribution >= 4 is 20.9 Å². The molecule has 51 valence electrons. The van der Waals surface area contributed by atoms with E-state index in [1.54, 1.807) is 0 Å². The summed E-state index contributed by atoms with van der Waals surface area (Å²) in [5.41, 5.74) is 0. The van der Waals surface area contributed by atoms with Gasteiger partial charge in [0.1, 0.15) is 0 Å². The third-order valence-electron chi connectivity index (χ3n) is 0.838. The molecule has 0 aliphatic carbocycles. The van der Waals surface area contributed by atoms with E-state index in [1.807, 2.05) is 10.9 Å². The maximum absolute atomic E-state index is 11.5. The van der Waals surface area contributed by atoms with Crippen molar-refractivity contribution in [2.45, 2.75) is 26.2 Å². The van der Waals surface area contributed by atoms with Gasteiger partial charge in [0.15, 0.2) is 0 Å². The van der Waals surface area contributed by atoms with Crippen LogP contribution in [-0.2, 0) is 0 Å². The summed E-state index contributed by atoms with van der Waals surface area (Å²) in [4.78, 5) is 0. The van der Waals surface area contributed by atoms with Crippen LogP contribution in [0.15, 0.2) is 0 Å². The summed E-state index contributed by atoms with van der Waals surface area (Å²) >= 11 is -4.04. The van der Waals surface area contributed by atoms with E-state index < -0.39 is 20.9 Å². The fraction of sp³-hybridized carbons (Fsp3) is 0.667. The first kappa shape index (κ1) is 9.22. The minimum absolute atomic E-state index is 0.647. The van der Waals surface area contributed by atoms with Gasteiger partial charge < -0.3 is 0 Å². The van der Waals surface area contributed by atoms with Crippen molar-refractivity contribution in [1.82, 2.24) is 0 Å². The molecule has 0 aliphatic heterocycles. The molecule has 0 aromatic heterocycles. The Hall–Kier alpha value is 0.219. The fourth-order valence-electron chi connectivity index (χ4n) is 0.394. The SMILES string of the molecule is CCCCC#[C][Sn]([F])[F]. The van der Waals surface area contributed by atoms with Gasteiger partial charge in [0.05, 0.1) is 0 Å². The topological polar surface area (TPSA) is 0 Å². The molecule has 0 aromatic rings. The molecule has 0 atom stereocenters. The normalized spacial score (nSPS) is 8.89. The van der Waals surface area contributed by atoms with Crippen LogP contribution in [0.1, 0.15) is 26.2 Å². The van der Waals surface area contributed by atoms with Crippen LogP contribution in [0.2, 0.25) is 0 Å². The van der Waals surface area contributed by atoms with Crippen LogP contribution in [0.4, 0.5) is 5.73 Å². The van der Waals surface area contributed by atoms with Crippen LogP contribution >= 0.6 is 0 Å². The molecular weight excluding hydrogens is 229 g/mol. The van der Waals surface area contributed by atoms with Crippen molar-refractivity contribution in [3.8, 4) is 9.86 Å². The van der Waals surface area contributed by atoms with Crippen LogP contribution in [-0.4, -0.2) is 20.9 Å². The van der Waals surface area contributed by atoms with E-state index >= 15 is 0 Å². The molecule has 3 heteroatoms. The van der Waals surface area contributed by atoms with Gasteiger partial charge in [-0.3, -0.25) is 0 Å². The Balaban J connectivity index is 3.16. The van der Waals surface area contributed by atoms with E-state index in [9.17, 15) is 5.73 Å². The molecule has 0 rings (SSSR count). The predicted octanol–water partition coefficient (Wildman–Crippen LogP) is 2.15. The van der Waals surface area contributed by atoms with Gasteiger partial charge in [-0.1, -0.05) is 0 Å². The minimum atomic E-state index is -4.04. The summed E-state index contributed by atoms with van der Waals surface area (Å²) in [5, 5.41) is 0. The molecule has 0 N–H and O–H groups in total. The van der Waals surface area contributed by atoms with E-state index in [-0.39, 0.29) is 0 Å². The van der Waals surface area contributed by atoms with Crippen LogP contribution in [0, 0.1) is 9.86 Å². The molecule has 1 radical (unpaired) electrons. The van der Waals surface area contributed by atoms with Crippen molar-refractivity contribution < 1.29 is 5.73 Å². The zero-order valence-electron chi connectivity index (χ0n) is 5.38. The van der Waals surface area contributed by atoms with Gasteiger partial charge in [0.2, 0.25) is 0 Å². The molecule has 0 spiro atoms. The first-order valence-corrected chi connectivity index (χ1v) is 6.52. The average molecular weight is 238 g/mol. The predicted molar refractivity (Wildman–Crippen MR) is 35.3 cm³/mol. The van der Waals surface area contributed by atoms with Gasteiger partial charge in [-0.2, -0.15) is 0 Å². The first-order valence-electron chi connectivity index (χ1n) is 2.94. The van der Waals surface area contributed by atoms with Gasteiger partial charge in [0.25, 0.3) is 0 Å². The Bertz CT molecular complexity index is 112. The van der Waals surface area contributed by atoms with Gasteiger partial charge in [-0.15, -0.1) is 0 Å². The zero-order chi connectivity index (χ0) is 7.11. The quantitative estimate of drug-likeness (QED) is 0.392. The van der Waals surface area contributed by atoms with Gasteiger partial charge in [-0.05, 0) is 0 Å². The third kappa shape index (κ3) is 8.22. The summed E-state index contributed by atoms with van der Waals surface area (Å²) < 4.78 is 25.0. The molecule has 0 amide bonds. The number of halogens is 2. The molecule has 0 aliphatic rings. The average Bonchev–Trinajstić information content (AvgIpc) is 1.80. The molecule has 0 saturated carbocycles. The summed E-state index contributed by atoms with van der Waals surface area (Å²) in [5.74, 6) is 2.47. The van der Waals surface area contributed by atoms with Gasteiger partial charge in [0, 0.05) is 0 Å². The summed E-state index contributed by atoms with van der Waals surface area (Å²) in [7, 11) is 0. The molecule has 0 bridgehead atoms. The Kier molecular flexibility index (Phi) is 6.49. The Labute approximate surface area is 62.9 Å². The van der Waals surface area contributed by atoms with Crippen molar-refractivity contribution in [3.05, 3.63) is 0 Å². The van der Waals surface area contributed by atoms with Crippen LogP contribution in [0.5, 0.6) is 0 Å². The maximum atomic E-state index is 11.5. The second-order valence-corrected chi connectivity index (χ2v) is 3.87. The second kappa shape index (κ2) is 6.34. The van der Waals surface area contributed by atoms with Crippen LogP contribution in [0.25, 0.3) is 0 Å². The molecule has 0 nitrogen and oxygen atoms in total. The van der Waals surface area contributed by atoms with Crippen molar-refractivity contribution in [2.24, 2.45) is 0 Å². The molecule has 0 unspecified atom stereocenters. The molecule has 0 fully saturated rings. The molecule has 0 saturated heterocycles. The summed E-state index contributed by atoms with van der Waals surface area (Å²) in [6.45, 7) is 2.02. The third-order valence-corrected chi connectivity index (χ3v) is 1.88. The van der Waals surface area contributed by atoms with Crippen molar-refractivity contribution in [2.75, 3.05) is 0 Å². The number of rotatable bonds is 2. The van der Waals surface area contributed by atoms with E-state index in [1.165, 1.54) is 0 Å². The van der Waals surface area contributed by atoms with E-state index in [0.29, 0.717) is 6.42 Å². The van der Waals surface area contributed by atoms with Crippen molar-refractivity contribution in [3.63, 3.8) is 0 Å². The summed E-state index contributed by atoms with van der Waals surface area (Å²) in [6.07, 6.45) is 2.63. The Morgan fingerprint density at radius 3 is 2.56 bits per heavy atom. The number of unbranched alkanes of at least 4 members (excludes halogenated alkanes) is 2. The Morgan fingerprint density at radius 2 is 2.11 bits per heavy atom. The van der Waals surface area contributed by atoms with Gasteiger partial charge in [-0.25, -0.2) is 0 Å². The van der Waals surface area contributed by atoms with Crippen LogP contribution < -0.4 is 0 Å². The first-order chi connectivity index (χ1) is 4.27. The summed E-state index contributed by atoms with van der Waals surface area (Å²) in [6, 6.07) is 0. The number of hydrogen-bond acceptors (Lipinski definition) is 0. The zero-order valence-corrected chi connectivity index (χ0v) is 8.23. The fourth-order valence-corrected chi connectivity index (χ4v) is 1.13. The standard InChI is InChI=1S/C6H9.2FH.Sn/c1-3-5-6-4-2;;;/h3,5-6H2,1H3;2*1H;/q;;;+2/p-2. The molecule has 9 heavy (non-hydrogen) atoms. The van der Waals surface area contributed by atoms with E-state index in [4.69, 9.17) is 0 Å². The van der Waals surface area contributed by atoms with E-state index in [0.717, 1.165) is 12.8 Å². The molecule has 0 heterocycles. The second-order valence-electron chi connectivity index (χ2n) is 1.67. The monoisotopic (exact) mass is 239 g/mol. The Morgan fingerprint density at radius 1 is 1.44 bits per heavy atom. The number of hydrogen-bond donors (Lipinski definition) is 0.